The fourth-order valence-corrected chi connectivity index (χ4v) is 2.28. The first kappa shape index (κ1) is 17.7. The number of nitrogens with zero attached hydrogens (tertiary/aromatic N) is 1. The van der Waals surface area contributed by atoms with Crippen molar-refractivity contribution in [2.24, 2.45) is 5.73 Å². The van der Waals surface area contributed by atoms with Crippen LogP contribution >= 0.6 is 0 Å². The third-order valence-electron chi connectivity index (χ3n) is 3.72. The van der Waals surface area contributed by atoms with E-state index in [1.807, 2.05) is 54.6 Å². The van der Waals surface area contributed by atoms with E-state index in [1.54, 1.807) is 11.9 Å². The second-order valence-corrected chi connectivity index (χ2v) is 5.60. The van der Waals surface area contributed by atoms with E-state index >= 15 is 0 Å². The highest BCUT2D eigenvalue weighted by molar-refractivity contribution is 5.94. The lowest BCUT2D eigenvalue weighted by molar-refractivity contribution is -0.118. The summed E-state index contributed by atoms with van der Waals surface area (Å²) in [7, 11) is 1.77. The van der Waals surface area contributed by atoms with Crippen molar-refractivity contribution in [3.8, 4) is 0 Å². The van der Waals surface area contributed by atoms with Crippen LogP contribution in [-0.4, -0.2) is 25.4 Å². The fourth-order valence-electron chi connectivity index (χ4n) is 2.28. The molecule has 0 unspecified atom stereocenters. The molecule has 126 valence electrons. The predicted molar refractivity (Wildman–Crippen MR) is 96.9 cm³/mol. The van der Waals surface area contributed by atoms with Crippen molar-refractivity contribution < 1.29 is 9.59 Å². The number of hydrogen-bond acceptors (Lipinski definition) is 3. The molecule has 2 aromatic carbocycles. The van der Waals surface area contributed by atoms with Gasteiger partial charge in [0.05, 0.1) is 6.42 Å². The van der Waals surface area contributed by atoms with E-state index in [0.29, 0.717) is 25.8 Å². The molecule has 0 atom stereocenters. The minimum atomic E-state index is -0.0481. The van der Waals surface area contributed by atoms with Crippen LogP contribution in [0.5, 0.6) is 0 Å². The molecule has 24 heavy (non-hydrogen) atoms. The molecule has 0 spiro atoms. The Morgan fingerprint density at radius 2 is 1.71 bits per heavy atom. The topological polar surface area (TPSA) is 75.4 Å². The lowest BCUT2D eigenvalue weighted by atomic mass is 10.1. The molecule has 0 aliphatic heterocycles. The van der Waals surface area contributed by atoms with Crippen LogP contribution in [0.3, 0.4) is 0 Å². The van der Waals surface area contributed by atoms with E-state index in [2.05, 4.69) is 5.32 Å². The number of nitrogens with one attached hydrogen (secondary N) is 1. The summed E-state index contributed by atoms with van der Waals surface area (Å²) in [4.78, 5) is 25.6. The zero-order valence-corrected chi connectivity index (χ0v) is 13.9. The monoisotopic (exact) mass is 325 g/mol. The maximum Gasteiger partial charge on any atom is 0.231 e. The number of anilines is 2. The maximum atomic E-state index is 12.3. The number of carbonyl (C=O) groups is 2. The molecule has 0 bridgehead atoms. The molecular weight excluding hydrogens is 302 g/mol. The van der Waals surface area contributed by atoms with Crippen LogP contribution in [-0.2, 0) is 16.0 Å². The van der Waals surface area contributed by atoms with Crippen LogP contribution in [0.15, 0.2) is 54.6 Å². The molecule has 0 radical (unpaired) electrons. The first-order valence-corrected chi connectivity index (χ1v) is 8.00. The third kappa shape index (κ3) is 5.21. The predicted octanol–water partition coefficient (Wildman–Crippen LogP) is 2.57. The minimum absolute atomic E-state index is 0.0148. The van der Waals surface area contributed by atoms with Crippen molar-refractivity contribution in [3.05, 3.63) is 60.2 Å². The molecule has 0 saturated heterocycles. The van der Waals surface area contributed by atoms with Crippen LogP contribution in [0.4, 0.5) is 11.4 Å². The smallest absolute Gasteiger partial charge is 0.231 e. The molecule has 2 aromatic rings. The van der Waals surface area contributed by atoms with Gasteiger partial charge in [0.15, 0.2) is 0 Å². The number of amides is 2. The highest BCUT2D eigenvalue weighted by Gasteiger charge is 2.11. The van der Waals surface area contributed by atoms with Gasteiger partial charge in [0.25, 0.3) is 0 Å². The van der Waals surface area contributed by atoms with E-state index in [4.69, 9.17) is 5.73 Å². The molecule has 0 heterocycles. The van der Waals surface area contributed by atoms with E-state index in [1.165, 1.54) is 0 Å². The zero-order chi connectivity index (χ0) is 17.4. The van der Waals surface area contributed by atoms with Crippen LogP contribution in [0.1, 0.15) is 18.4 Å². The number of likely N-dealkylation sites (N-methyl/N-ethyl adjacent to an activating group) is 1. The van der Waals surface area contributed by atoms with Crippen LogP contribution in [0.25, 0.3) is 0 Å². The van der Waals surface area contributed by atoms with Gasteiger partial charge in [-0.1, -0.05) is 30.3 Å². The second kappa shape index (κ2) is 8.84. The summed E-state index contributed by atoms with van der Waals surface area (Å²) < 4.78 is 0. The standard InChI is InChI=1S/C19H23N3O2/c1-22(17-6-3-2-4-7-17)19(24)14-15-9-11-16(12-10-15)21-18(23)8-5-13-20/h2-4,6-7,9-12H,5,8,13-14,20H2,1H3,(H,21,23). The van der Waals surface area contributed by atoms with E-state index in [-0.39, 0.29) is 11.8 Å². The van der Waals surface area contributed by atoms with Gasteiger partial charge < -0.3 is 16.0 Å². The van der Waals surface area contributed by atoms with Gasteiger partial charge in [-0.25, -0.2) is 0 Å². The Hall–Kier alpha value is -2.66. The summed E-state index contributed by atoms with van der Waals surface area (Å²) in [5, 5.41) is 2.82. The van der Waals surface area contributed by atoms with Crippen molar-refractivity contribution in [3.63, 3.8) is 0 Å². The van der Waals surface area contributed by atoms with Crippen molar-refractivity contribution in [2.75, 3.05) is 23.8 Å². The zero-order valence-electron chi connectivity index (χ0n) is 13.9. The first-order chi connectivity index (χ1) is 11.6. The van der Waals surface area contributed by atoms with Gasteiger partial charge in [0, 0.05) is 24.8 Å². The molecule has 2 rings (SSSR count). The van der Waals surface area contributed by atoms with Crippen molar-refractivity contribution in [1.29, 1.82) is 0 Å². The number of nitrogens with two attached hydrogens (primary N) is 1. The molecule has 0 saturated carbocycles. The van der Waals surface area contributed by atoms with Crippen LogP contribution in [0, 0.1) is 0 Å². The number of benzene rings is 2. The molecule has 3 N–H and O–H groups in total. The number of para-hydroxylation sites is 1. The summed E-state index contributed by atoms with van der Waals surface area (Å²) in [5.41, 5.74) is 7.89. The SMILES string of the molecule is CN(C(=O)Cc1ccc(NC(=O)CCCN)cc1)c1ccccc1. The van der Waals surface area contributed by atoms with Gasteiger partial charge in [-0.15, -0.1) is 0 Å². The summed E-state index contributed by atoms with van der Waals surface area (Å²) >= 11 is 0. The lowest BCUT2D eigenvalue weighted by Gasteiger charge is -2.17. The van der Waals surface area contributed by atoms with Crippen molar-refractivity contribution >= 4 is 23.2 Å². The Balaban J connectivity index is 1.91. The molecule has 0 aliphatic rings. The van der Waals surface area contributed by atoms with Gasteiger partial charge in [0.2, 0.25) is 11.8 Å². The summed E-state index contributed by atoms with van der Waals surface area (Å²) in [6.07, 6.45) is 1.40. The van der Waals surface area contributed by atoms with Gasteiger partial charge >= 0.3 is 0 Å². The molecule has 0 fully saturated rings. The molecule has 2 amide bonds. The average Bonchev–Trinajstić information content (AvgIpc) is 2.61. The Bertz CT molecular complexity index is 669. The van der Waals surface area contributed by atoms with E-state index in [9.17, 15) is 9.59 Å². The minimum Gasteiger partial charge on any atom is -0.330 e. The Morgan fingerprint density at radius 3 is 2.33 bits per heavy atom. The molecule has 0 aromatic heterocycles. The van der Waals surface area contributed by atoms with Crippen LogP contribution in [0.2, 0.25) is 0 Å². The van der Waals surface area contributed by atoms with Crippen molar-refractivity contribution in [1.82, 2.24) is 0 Å². The lowest BCUT2D eigenvalue weighted by Crippen LogP contribution is -2.27. The second-order valence-electron chi connectivity index (χ2n) is 5.60. The van der Waals surface area contributed by atoms with E-state index in [0.717, 1.165) is 16.9 Å². The number of hydrogen-bond donors (Lipinski definition) is 2. The Kier molecular flexibility index (Phi) is 6.51. The molecular formula is C19H23N3O2. The maximum absolute atomic E-state index is 12.3. The quantitative estimate of drug-likeness (QED) is 0.821. The van der Waals surface area contributed by atoms with Gasteiger partial charge in [-0.05, 0) is 42.8 Å². The Morgan fingerprint density at radius 1 is 1.04 bits per heavy atom. The first-order valence-electron chi connectivity index (χ1n) is 8.00. The number of rotatable bonds is 7. The molecule has 5 nitrogen and oxygen atoms in total. The third-order valence-corrected chi connectivity index (χ3v) is 3.72. The van der Waals surface area contributed by atoms with Crippen molar-refractivity contribution in [2.45, 2.75) is 19.3 Å². The largest absolute Gasteiger partial charge is 0.330 e. The summed E-state index contributed by atoms with van der Waals surface area (Å²) in [6, 6.07) is 16.9. The summed E-state index contributed by atoms with van der Waals surface area (Å²) in [5.74, 6) is -0.0333. The fraction of sp³-hybridized carbons (Fsp3) is 0.263. The normalized spacial score (nSPS) is 10.2. The molecule has 0 aliphatic carbocycles. The summed E-state index contributed by atoms with van der Waals surface area (Å²) in [6.45, 7) is 0.503. The average molecular weight is 325 g/mol. The Labute approximate surface area is 142 Å². The highest BCUT2D eigenvalue weighted by atomic mass is 16.2. The van der Waals surface area contributed by atoms with E-state index < -0.39 is 0 Å². The van der Waals surface area contributed by atoms with Gasteiger partial charge in [-0.2, -0.15) is 0 Å². The number of carbonyl (C=O) groups excluding carboxylic acids is 2. The van der Waals surface area contributed by atoms with Gasteiger partial charge in [-0.3, -0.25) is 9.59 Å². The van der Waals surface area contributed by atoms with Crippen LogP contribution < -0.4 is 16.0 Å². The van der Waals surface area contributed by atoms with Gasteiger partial charge in [0.1, 0.15) is 0 Å². The molecule has 5 heteroatoms. The highest BCUT2D eigenvalue weighted by Crippen LogP contribution is 2.15.